The summed E-state index contributed by atoms with van der Waals surface area (Å²) < 4.78 is 5.53. The van der Waals surface area contributed by atoms with E-state index >= 15 is 0 Å². The minimum absolute atomic E-state index is 0.0735. The molecule has 3 rings (SSSR count). The first kappa shape index (κ1) is 23.9. The number of rotatable bonds is 7. The van der Waals surface area contributed by atoms with Gasteiger partial charge in [-0.2, -0.15) is 10.4 Å². The number of nitrogens with zero attached hydrogens (tertiary/aromatic N) is 2. The van der Waals surface area contributed by atoms with Crippen molar-refractivity contribution in [3.8, 4) is 6.07 Å². The highest BCUT2D eigenvalue weighted by atomic mass is 35.5. The smallest absolute Gasteiger partial charge is 0.309 e. The summed E-state index contributed by atoms with van der Waals surface area (Å²) in [6.45, 7) is 9.61. The van der Waals surface area contributed by atoms with Gasteiger partial charge in [-0.25, -0.2) is 0 Å². The van der Waals surface area contributed by atoms with Crippen molar-refractivity contribution in [3.05, 3.63) is 57.9 Å². The van der Waals surface area contributed by atoms with Crippen molar-refractivity contribution in [2.24, 2.45) is 11.8 Å². The predicted molar refractivity (Wildman–Crippen MR) is 126 cm³/mol. The second-order valence-electron chi connectivity index (χ2n) is 9.32. The SMILES string of the molecule is CCC(CCC(C)C(=O)OC(C)(C)C)C1=C(C#N)C(c2ccccc2Cl)c2c[nH]nc2N1. The van der Waals surface area contributed by atoms with Crippen molar-refractivity contribution in [2.45, 2.75) is 65.4 Å². The van der Waals surface area contributed by atoms with Crippen LogP contribution in [0.3, 0.4) is 0 Å². The fraction of sp³-hybridized carbons (Fsp3) is 0.480. The van der Waals surface area contributed by atoms with Gasteiger partial charge in [0.25, 0.3) is 0 Å². The number of hydrogen-bond donors (Lipinski definition) is 2. The Bertz CT molecular complexity index is 1040. The monoisotopic (exact) mass is 454 g/mol. The molecule has 7 heteroatoms. The van der Waals surface area contributed by atoms with Gasteiger partial charge in [-0.3, -0.25) is 9.89 Å². The Morgan fingerprint density at radius 1 is 1.28 bits per heavy atom. The molecule has 0 spiro atoms. The average Bonchev–Trinajstić information content (AvgIpc) is 3.20. The number of aromatic nitrogens is 2. The van der Waals surface area contributed by atoms with Gasteiger partial charge in [-0.1, -0.05) is 43.6 Å². The number of anilines is 1. The van der Waals surface area contributed by atoms with Gasteiger partial charge < -0.3 is 10.1 Å². The number of aromatic amines is 1. The lowest BCUT2D eigenvalue weighted by molar-refractivity contribution is -0.159. The molecule has 0 amide bonds. The van der Waals surface area contributed by atoms with E-state index in [0.29, 0.717) is 22.8 Å². The molecule has 2 heterocycles. The normalized spacial score (nSPS) is 17.7. The van der Waals surface area contributed by atoms with Crippen molar-refractivity contribution in [1.29, 1.82) is 5.26 Å². The fourth-order valence-corrected chi connectivity index (χ4v) is 4.37. The van der Waals surface area contributed by atoms with Crippen molar-refractivity contribution in [1.82, 2.24) is 10.2 Å². The molecule has 0 saturated carbocycles. The highest BCUT2D eigenvalue weighted by Crippen LogP contribution is 2.45. The van der Waals surface area contributed by atoms with Crippen LogP contribution in [0.25, 0.3) is 0 Å². The lowest BCUT2D eigenvalue weighted by Gasteiger charge is -2.31. The number of fused-ring (bicyclic) bond motifs is 1. The molecule has 3 unspecified atom stereocenters. The van der Waals surface area contributed by atoms with Crippen LogP contribution in [-0.2, 0) is 9.53 Å². The van der Waals surface area contributed by atoms with E-state index < -0.39 is 5.60 Å². The summed E-state index contributed by atoms with van der Waals surface area (Å²) in [5, 5.41) is 21.5. The summed E-state index contributed by atoms with van der Waals surface area (Å²) in [6.07, 6.45) is 4.06. The first-order chi connectivity index (χ1) is 15.2. The number of carbonyl (C=O) groups excluding carboxylic acids is 1. The number of nitriles is 1. The molecule has 170 valence electrons. The molecule has 1 aromatic carbocycles. The van der Waals surface area contributed by atoms with Crippen molar-refractivity contribution < 1.29 is 9.53 Å². The maximum atomic E-state index is 12.4. The quantitative estimate of drug-likeness (QED) is 0.487. The zero-order valence-electron chi connectivity index (χ0n) is 19.3. The molecule has 0 aliphatic carbocycles. The highest BCUT2D eigenvalue weighted by molar-refractivity contribution is 6.31. The largest absolute Gasteiger partial charge is 0.460 e. The summed E-state index contributed by atoms with van der Waals surface area (Å²) in [5.74, 6) is 0.0725. The van der Waals surface area contributed by atoms with Crippen LogP contribution in [0.5, 0.6) is 0 Å². The molecule has 0 bridgehead atoms. The molecule has 0 fully saturated rings. The van der Waals surface area contributed by atoms with E-state index in [0.717, 1.165) is 29.7 Å². The van der Waals surface area contributed by atoms with Crippen LogP contribution in [0.4, 0.5) is 5.82 Å². The second-order valence-corrected chi connectivity index (χ2v) is 9.73. The highest BCUT2D eigenvalue weighted by Gasteiger charge is 2.35. The Labute approximate surface area is 195 Å². The van der Waals surface area contributed by atoms with Crippen LogP contribution >= 0.6 is 11.6 Å². The van der Waals surface area contributed by atoms with Crippen molar-refractivity contribution in [3.63, 3.8) is 0 Å². The third-order valence-electron chi connectivity index (χ3n) is 5.81. The van der Waals surface area contributed by atoms with Crippen molar-refractivity contribution in [2.75, 3.05) is 5.32 Å². The summed E-state index contributed by atoms with van der Waals surface area (Å²) >= 11 is 6.53. The van der Waals surface area contributed by atoms with E-state index in [-0.39, 0.29) is 23.7 Å². The van der Waals surface area contributed by atoms with Crippen LogP contribution in [0.15, 0.2) is 41.7 Å². The molecule has 2 N–H and O–H groups in total. The number of halogens is 1. The zero-order valence-corrected chi connectivity index (χ0v) is 20.1. The molecule has 6 nitrogen and oxygen atoms in total. The lowest BCUT2D eigenvalue weighted by atomic mass is 9.79. The average molecular weight is 455 g/mol. The van der Waals surface area contributed by atoms with Crippen LogP contribution in [0, 0.1) is 23.2 Å². The summed E-state index contributed by atoms with van der Waals surface area (Å²) in [5.41, 5.74) is 2.77. The van der Waals surface area contributed by atoms with Gasteiger partial charge in [0.15, 0.2) is 5.82 Å². The number of carbonyl (C=O) groups is 1. The first-order valence-electron chi connectivity index (χ1n) is 11.1. The molecule has 0 radical (unpaired) electrons. The van der Waals surface area contributed by atoms with E-state index in [9.17, 15) is 10.1 Å². The molecule has 1 aliphatic rings. The first-order valence-corrected chi connectivity index (χ1v) is 11.5. The molecular weight excluding hydrogens is 424 g/mol. The van der Waals surface area contributed by atoms with Crippen LogP contribution < -0.4 is 5.32 Å². The Kier molecular flexibility index (Phi) is 7.30. The van der Waals surface area contributed by atoms with Crippen LogP contribution in [-0.4, -0.2) is 21.8 Å². The number of benzene rings is 1. The molecule has 0 saturated heterocycles. The lowest BCUT2D eigenvalue weighted by Crippen LogP contribution is -2.28. The minimum atomic E-state index is -0.505. The predicted octanol–water partition coefficient (Wildman–Crippen LogP) is 6.18. The summed E-state index contributed by atoms with van der Waals surface area (Å²) in [6, 6.07) is 10.0. The molecular formula is C25H31ClN4O2. The Balaban J connectivity index is 1.91. The third-order valence-corrected chi connectivity index (χ3v) is 6.15. The zero-order chi connectivity index (χ0) is 23.5. The summed E-state index contributed by atoms with van der Waals surface area (Å²) in [4.78, 5) is 12.4. The van der Waals surface area contributed by atoms with E-state index in [1.165, 1.54) is 0 Å². The van der Waals surface area contributed by atoms with E-state index in [1.807, 2.05) is 58.2 Å². The van der Waals surface area contributed by atoms with Gasteiger partial charge in [0.1, 0.15) is 5.60 Å². The van der Waals surface area contributed by atoms with E-state index in [1.54, 1.807) is 0 Å². The number of allylic oxidation sites excluding steroid dienone is 2. The maximum Gasteiger partial charge on any atom is 0.309 e. The third kappa shape index (κ3) is 5.16. The number of H-pyrrole nitrogens is 1. The van der Waals surface area contributed by atoms with E-state index in [4.69, 9.17) is 16.3 Å². The van der Waals surface area contributed by atoms with Crippen molar-refractivity contribution >= 4 is 23.4 Å². The van der Waals surface area contributed by atoms with Gasteiger partial charge in [0.05, 0.1) is 23.5 Å². The van der Waals surface area contributed by atoms with Gasteiger partial charge in [-0.15, -0.1) is 0 Å². The van der Waals surface area contributed by atoms with E-state index in [2.05, 4.69) is 28.5 Å². The topological polar surface area (TPSA) is 90.8 Å². The number of ether oxygens (including phenoxy) is 1. The van der Waals surface area contributed by atoms with Gasteiger partial charge >= 0.3 is 5.97 Å². The number of nitrogens with one attached hydrogen (secondary N) is 2. The minimum Gasteiger partial charge on any atom is -0.460 e. The van der Waals surface area contributed by atoms with Crippen LogP contribution in [0.1, 0.15) is 70.9 Å². The number of hydrogen-bond acceptors (Lipinski definition) is 5. The summed E-state index contributed by atoms with van der Waals surface area (Å²) in [7, 11) is 0. The Morgan fingerprint density at radius 2 is 2.00 bits per heavy atom. The van der Waals surface area contributed by atoms with Gasteiger partial charge in [0, 0.05) is 22.5 Å². The standard InChI is InChI=1S/C25H31ClN4O2/c1-6-16(12-11-15(2)24(31)32-25(3,4)5)22-18(13-27)21(17-9-7-8-10-20(17)26)19-14-28-30-23(19)29-22/h7-10,14-16,21H,6,11-12H2,1-5H3,(H2,28,29,30). The van der Waals surface area contributed by atoms with Gasteiger partial charge in [0.2, 0.25) is 0 Å². The molecule has 1 aromatic heterocycles. The molecule has 1 aliphatic heterocycles. The molecule has 3 atom stereocenters. The number of esters is 1. The fourth-order valence-electron chi connectivity index (χ4n) is 4.13. The van der Waals surface area contributed by atoms with Crippen LogP contribution in [0.2, 0.25) is 5.02 Å². The molecule has 2 aromatic rings. The maximum absolute atomic E-state index is 12.4. The Morgan fingerprint density at radius 3 is 2.62 bits per heavy atom. The van der Waals surface area contributed by atoms with Gasteiger partial charge in [-0.05, 0) is 57.6 Å². The Hall–Kier alpha value is -2.78. The second kappa shape index (κ2) is 9.79. The molecule has 32 heavy (non-hydrogen) atoms.